The Morgan fingerprint density at radius 3 is 2.80 bits per heavy atom. The fourth-order valence-corrected chi connectivity index (χ4v) is 4.74. The maximum absolute atomic E-state index is 11.1. The standard InChI is InChI=1S/C31H37N3O7/c1-31(2)39-17-23-14-22(7-9-27(23)41-31)26(35)15-33-11-10-20-6-8-28-29(13-20)40-25(19-38-28)18-37-16-21-4-3-5-24(12-21)34-30(32)36/h3-9,12-14,25-26,33,35H,10-11,15-19H2,1-2H3,(H3,32,34,36)/t25-,26+/m1/s1. The van der Waals surface area contributed by atoms with Crippen LogP contribution in [-0.2, 0) is 29.1 Å². The topological polar surface area (TPSA) is 134 Å². The number of aliphatic hydroxyl groups is 1. The summed E-state index contributed by atoms with van der Waals surface area (Å²) in [5.74, 6) is 1.55. The lowest BCUT2D eigenvalue weighted by molar-refractivity contribution is -0.180. The van der Waals surface area contributed by atoms with Gasteiger partial charge in [0.2, 0.25) is 5.79 Å². The summed E-state index contributed by atoms with van der Waals surface area (Å²) in [5.41, 5.74) is 9.57. The van der Waals surface area contributed by atoms with Crippen molar-refractivity contribution in [1.82, 2.24) is 5.32 Å². The fourth-order valence-electron chi connectivity index (χ4n) is 4.74. The SMILES string of the molecule is CC1(C)OCc2cc([C@@H](O)CNCCc3ccc4c(c3)O[C@H](COCc3cccc(NC(N)=O)c3)CO4)ccc2O1. The van der Waals surface area contributed by atoms with Gasteiger partial charge in [-0.2, -0.15) is 0 Å². The number of urea groups is 1. The highest BCUT2D eigenvalue weighted by Gasteiger charge is 2.28. The zero-order valence-electron chi connectivity index (χ0n) is 23.4. The third-order valence-electron chi connectivity index (χ3n) is 6.82. The first-order valence-corrected chi connectivity index (χ1v) is 13.7. The molecule has 2 aliphatic rings. The zero-order valence-corrected chi connectivity index (χ0v) is 23.4. The number of carbonyl (C=O) groups excluding carboxylic acids is 1. The van der Waals surface area contributed by atoms with Crippen LogP contribution >= 0.6 is 0 Å². The molecule has 2 heterocycles. The molecule has 10 nitrogen and oxygen atoms in total. The van der Waals surface area contributed by atoms with E-state index in [1.807, 2.05) is 68.4 Å². The average Bonchev–Trinajstić information content (AvgIpc) is 2.94. The van der Waals surface area contributed by atoms with Crippen molar-refractivity contribution in [2.24, 2.45) is 5.73 Å². The van der Waals surface area contributed by atoms with E-state index in [1.165, 1.54) is 0 Å². The summed E-state index contributed by atoms with van der Waals surface area (Å²) in [4.78, 5) is 11.1. The minimum atomic E-state index is -0.641. The number of ether oxygens (including phenoxy) is 5. The van der Waals surface area contributed by atoms with Gasteiger partial charge in [-0.25, -0.2) is 4.79 Å². The zero-order chi connectivity index (χ0) is 28.8. The first-order valence-electron chi connectivity index (χ1n) is 13.7. The monoisotopic (exact) mass is 563 g/mol. The highest BCUT2D eigenvalue weighted by Crippen LogP contribution is 2.34. The van der Waals surface area contributed by atoms with Gasteiger partial charge in [0.15, 0.2) is 17.6 Å². The number of anilines is 1. The molecule has 0 aliphatic carbocycles. The van der Waals surface area contributed by atoms with Crippen LogP contribution in [0.4, 0.5) is 10.5 Å². The molecule has 3 aromatic rings. The molecule has 0 bridgehead atoms. The van der Waals surface area contributed by atoms with Crippen LogP contribution in [0.5, 0.6) is 17.2 Å². The van der Waals surface area contributed by atoms with Gasteiger partial charge < -0.3 is 45.2 Å². The number of aliphatic hydroxyl groups excluding tert-OH is 1. The second-order valence-corrected chi connectivity index (χ2v) is 10.7. The summed E-state index contributed by atoms with van der Waals surface area (Å²) in [7, 11) is 0. The predicted octanol–water partition coefficient (Wildman–Crippen LogP) is 4.04. The summed E-state index contributed by atoms with van der Waals surface area (Å²) in [5, 5.41) is 16.6. The van der Waals surface area contributed by atoms with E-state index in [0.29, 0.717) is 56.7 Å². The van der Waals surface area contributed by atoms with Crippen LogP contribution in [0.15, 0.2) is 60.7 Å². The predicted molar refractivity (Wildman–Crippen MR) is 153 cm³/mol. The molecule has 3 aromatic carbocycles. The summed E-state index contributed by atoms with van der Waals surface area (Å²) in [6.45, 7) is 6.46. The number of hydrogen-bond acceptors (Lipinski definition) is 8. The van der Waals surface area contributed by atoms with Crippen molar-refractivity contribution in [3.8, 4) is 17.2 Å². The van der Waals surface area contributed by atoms with Crippen molar-refractivity contribution in [3.63, 3.8) is 0 Å². The molecule has 2 aliphatic heterocycles. The summed E-state index contributed by atoms with van der Waals surface area (Å²) >= 11 is 0. The molecule has 218 valence electrons. The van der Waals surface area contributed by atoms with E-state index in [1.54, 1.807) is 6.07 Å². The quantitative estimate of drug-likeness (QED) is 0.257. The molecule has 0 fully saturated rings. The number of nitrogens with two attached hydrogens (primary N) is 1. The molecular weight excluding hydrogens is 526 g/mol. The lowest BCUT2D eigenvalue weighted by Crippen LogP contribution is -2.35. The third kappa shape index (κ3) is 7.89. The number of nitrogens with one attached hydrogen (secondary N) is 2. The molecule has 5 rings (SSSR count). The number of carbonyl (C=O) groups is 1. The van der Waals surface area contributed by atoms with Gasteiger partial charge in [0, 0.05) is 31.6 Å². The van der Waals surface area contributed by atoms with Crippen LogP contribution in [0.1, 0.15) is 42.2 Å². The van der Waals surface area contributed by atoms with E-state index in [0.717, 1.165) is 34.4 Å². The molecule has 0 saturated heterocycles. The van der Waals surface area contributed by atoms with Crippen molar-refractivity contribution in [1.29, 1.82) is 0 Å². The number of benzene rings is 3. The van der Waals surface area contributed by atoms with Gasteiger partial charge in [-0.05, 0) is 66.1 Å². The van der Waals surface area contributed by atoms with Gasteiger partial charge >= 0.3 is 6.03 Å². The molecule has 10 heteroatoms. The molecule has 0 spiro atoms. The Morgan fingerprint density at radius 1 is 1.10 bits per heavy atom. The molecule has 2 atom stereocenters. The van der Waals surface area contributed by atoms with E-state index in [-0.39, 0.29) is 6.10 Å². The van der Waals surface area contributed by atoms with Crippen LogP contribution in [0.2, 0.25) is 0 Å². The number of rotatable bonds is 11. The number of hydrogen-bond donors (Lipinski definition) is 4. The van der Waals surface area contributed by atoms with Gasteiger partial charge in [-0.1, -0.05) is 24.3 Å². The number of fused-ring (bicyclic) bond motifs is 2. The van der Waals surface area contributed by atoms with E-state index in [2.05, 4.69) is 10.6 Å². The molecule has 0 saturated carbocycles. The van der Waals surface area contributed by atoms with E-state index >= 15 is 0 Å². The average molecular weight is 564 g/mol. The van der Waals surface area contributed by atoms with Crippen LogP contribution in [0.3, 0.4) is 0 Å². The Bertz CT molecular complexity index is 1360. The first kappa shape index (κ1) is 28.7. The second kappa shape index (κ2) is 12.8. The smallest absolute Gasteiger partial charge is 0.316 e. The van der Waals surface area contributed by atoms with Crippen molar-refractivity contribution in [2.75, 3.05) is 31.6 Å². The van der Waals surface area contributed by atoms with Gasteiger partial charge in [-0.3, -0.25) is 0 Å². The van der Waals surface area contributed by atoms with Crippen molar-refractivity contribution in [3.05, 3.63) is 82.9 Å². The molecule has 0 aromatic heterocycles. The van der Waals surface area contributed by atoms with Gasteiger partial charge in [-0.15, -0.1) is 0 Å². The molecule has 2 amide bonds. The minimum Gasteiger partial charge on any atom is -0.486 e. The Hall–Kier alpha value is -3.83. The largest absolute Gasteiger partial charge is 0.486 e. The highest BCUT2D eigenvalue weighted by atomic mass is 16.7. The Morgan fingerprint density at radius 2 is 1.95 bits per heavy atom. The van der Waals surface area contributed by atoms with Gasteiger partial charge in [0.25, 0.3) is 0 Å². The van der Waals surface area contributed by atoms with Crippen molar-refractivity contribution < 1.29 is 33.6 Å². The maximum Gasteiger partial charge on any atom is 0.316 e. The van der Waals surface area contributed by atoms with E-state index in [4.69, 9.17) is 29.4 Å². The lowest BCUT2D eigenvalue weighted by Gasteiger charge is -2.33. The molecule has 41 heavy (non-hydrogen) atoms. The minimum absolute atomic E-state index is 0.239. The Labute approximate surface area is 239 Å². The normalized spacial score (nSPS) is 17.7. The summed E-state index contributed by atoms with van der Waals surface area (Å²) in [6, 6.07) is 18.4. The van der Waals surface area contributed by atoms with Crippen molar-refractivity contribution in [2.45, 2.75) is 51.5 Å². The Balaban J connectivity index is 1.05. The molecule has 0 radical (unpaired) electrons. The van der Waals surface area contributed by atoms with Crippen LogP contribution in [-0.4, -0.2) is 49.3 Å². The van der Waals surface area contributed by atoms with Crippen LogP contribution in [0, 0.1) is 0 Å². The molecular formula is C31H37N3O7. The van der Waals surface area contributed by atoms with Gasteiger partial charge in [0.05, 0.1) is 25.9 Å². The third-order valence-corrected chi connectivity index (χ3v) is 6.82. The van der Waals surface area contributed by atoms with Gasteiger partial charge in [0.1, 0.15) is 12.4 Å². The fraction of sp³-hybridized carbons (Fsp3) is 0.387. The van der Waals surface area contributed by atoms with Crippen LogP contribution in [0.25, 0.3) is 0 Å². The lowest BCUT2D eigenvalue weighted by atomic mass is 10.0. The van der Waals surface area contributed by atoms with Crippen LogP contribution < -0.4 is 30.6 Å². The van der Waals surface area contributed by atoms with E-state index in [9.17, 15) is 9.90 Å². The second-order valence-electron chi connectivity index (χ2n) is 10.7. The first-order chi connectivity index (χ1) is 19.7. The number of amides is 2. The molecule has 0 unspecified atom stereocenters. The van der Waals surface area contributed by atoms with E-state index < -0.39 is 17.9 Å². The van der Waals surface area contributed by atoms with Crippen molar-refractivity contribution >= 4 is 11.7 Å². The summed E-state index contributed by atoms with van der Waals surface area (Å²) in [6.07, 6.45) is -0.115. The summed E-state index contributed by atoms with van der Waals surface area (Å²) < 4.78 is 29.4. The Kier molecular flexibility index (Phi) is 8.94. The number of primary amides is 1. The highest BCUT2D eigenvalue weighted by molar-refractivity contribution is 5.87. The molecule has 5 N–H and O–H groups in total. The maximum atomic E-state index is 11.1.